The molecule has 3 aromatic rings. The van der Waals surface area contributed by atoms with Crippen molar-refractivity contribution in [3.63, 3.8) is 0 Å². The Morgan fingerprint density at radius 2 is 1.83 bits per heavy atom. The van der Waals surface area contributed by atoms with Crippen LogP contribution in [0.4, 0.5) is 19.0 Å². The van der Waals surface area contributed by atoms with Gasteiger partial charge in [0.15, 0.2) is 0 Å². The summed E-state index contributed by atoms with van der Waals surface area (Å²) in [7, 11) is 0. The van der Waals surface area contributed by atoms with Crippen molar-refractivity contribution >= 4 is 17.4 Å². The van der Waals surface area contributed by atoms with Crippen LogP contribution in [0.15, 0.2) is 44.7 Å². The SMILES string of the molecule is Cc1cc(-n2c(=O)c(-c3ccc(F)c(Cl)c3)c(N3CC4(C3)CC(F)(F)C4)n(CC#N)c2=O)cc(=O)[nH]1. The average molecular weight is 518 g/mol. The summed E-state index contributed by atoms with van der Waals surface area (Å²) in [6, 6.07) is 7.99. The molecule has 3 heterocycles. The second-order valence-corrected chi connectivity index (χ2v) is 9.85. The van der Waals surface area contributed by atoms with Gasteiger partial charge in [0.1, 0.15) is 18.2 Å². The Hall–Kier alpha value is -3.78. The van der Waals surface area contributed by atoms with Crippen molar-refractivity contribution < 1.29 is 13.2 Å². The molecule has 2 fully saturated rings. The number of halogens is 4. The highest BCUT2D eigenvalue weighted by molar-refractivity contribution is 6.31. The minimum Gasteiger partial charge on any atom is -0.356 e. The van der Waals surface area contributed by atoms with Gasteiger partial charge in [0, 0.05) is 43.1 Å². The predicted molar refractivity (Wildman–Crippen MR) is 127 cm³/mol. The van der Waals surface area contributed by atoms with Crippen LogP contribution in [0, 0.1) is 29.5 Å². The largest absolute Gasteiger partial charge is 0.356 e. The van der Waals surface area contributed by atoms with Crippen LogP contribution < -0.4 is 21.7 Å². The Balaban J connectivity index is 1.79. The van der Waals surface area contributed by atoms with Crippen LogP contribution in [-0.4, -0.2) is 33.1 Å². The zero-order chi connectivity index (χ0) is 26.0. The maximum absolute atomic E-state index is 13.9. The highest BCUT2D eigenvalue weighted by Crippen LogP contribution is 2.57. The average Bonchev–Trinajstić information content (AvgIpc) is 2.73. The van der Waals surface area contributed by atoms with Gasteiger partial charge in [-0.3, -0.25) is 14.2 Å². The lowest BCUT2D eigenvalue weighted by molar-refractivity contribution is -0.170. The number of H-pyrrole nitrogens is 1. The smallest absolute Gasteiger partial charge is 0.338 e. The van der Waals surface area contributed by atoms with E-state index in [1.54, 1.807) is 11.8 Å². The summed E-state index contributed by atoms with van der Waals surface area (Å²) in [5.41, 5.74) is -2.41. The van der Waals surface area contributed by atoms with Crippen LogP contribution in [0.5, 0.6) is 0 Å². The third-order valence-corrected chi connectivity index (χ3v) is 6.89. The van der Waals surface area contributed by atoms with Gasteiger partial charge in [-0.25, -0.2) is 22.5 Å². The second kappa shape index (κ2) is 8.13. The molecule has 1 saturated heterocycles. The summed E-state index contributed by atoms with van der Waals surface area (Å²) in [6.45, 7) is 1.43. The number of anilines is 1. The predicted octanol–water partition coefficient (Wildman–Crippen LogP) is 3.21. The number of nitriles is 1. The molecule has 8 nitrogen and oxygen atoms in total. The molecule has 1 N–H and O–H groups in total. The Morgan fingerprint density at radius 3 is 2.42 bits per heavy atom. The third kappa shape index (κ3) is 3.82. The van der Waals surface area contributed by atoms with Crippen LogP contribution in [0.3, 0.4) is 0 Å². The number of aromatic nitrogens is 3. The zero-order valence-corrected chi connectivity index (χ0v) is 19.7. The van der Waals surface area contributed by atoms with E-state index in [2.05, 4.69) is 4.98 Å². The summed E-state index contributed by atoms with van der Waals surface area (Å²) in [5.74, 6) is -3.42. The molecule has 1 aromatic carbocycles. The topological polar surface area (TPSA) is 104 Å². The first-order valence-electron chi connectivity index (χ1n) is 11.0. The number of nitrogens with one attached hydrogen (secondary N) is 1. The van der Waals surface area contributed by atoms with Gasteiger partial charge in [-0.2, -0.15) is 5.26 Å². The summed E-state index contributed by atoms with van der Waals surface area (Å²) in [5, 5.41) is 9.22. The van der Waals surface area contributed by atoms with Gasteiger partial charge in [0.05, 0.1) is 22.3 Å². The van der Waals surface area contributed by atoms with Crippen molar-refractivity contribution in [3.05, 3.63) is 78.1 Å². The van der Waals surface area contributed by atoms with E-state index < -0.39 is 40.5 Å². The Labute approximate surface area is 206 Å². The Bertz CT molecular complexity index is 1620. The van der Waals surface area contributed by atoms with Crippen molar-refractivity contribution in [2.75, 3.05) is 18.0 Å². The van der Waals surface area contributed by atoms with Crippen LogP contribution in [0.25, 0.3) is 16.8 Å². The molecule has 5 rings (SSSR count). The molecule has 1 spiro atoms. The van der Waals surface area contributed by atoms with Gasteiger partial charge in [0.25, 0.3) is 5.56 Å². The molecule has 36 heavy (non-hydrogen) atoms. The van der Waals surface area contributed by atoms with Crippen molar-refractivity contribution in [1.82, 2.24) is 14.1 Å². The van der Waals surface area contributed by atoms with Crippen molar-refractivity contribution in [2.24, 2.45) is 5.41 Å². The fourth-order valence-corrected chi connectivity index (χ4v) is 5.47. The number of aromatic amines is 1. The molecule has 2 aliphatic rings. The number of alkyl halides is 2. The van der Waals surface area contributed by atoms with E-state index in [1.165, 1.54) is 18.2 Å². The molecule has 0 bridgehead atoms. The normalized spacial score (nSPS) is 17.4. The van der Waals surface area contributed by atoms with Gasteiger partial charge in [-0.05, 0) is 30.7 Å². The molecule has 0 amide bonds. The minimum atomic E-state index is -2.76. The number of aryl methyl sites for hydroxylation is 1. The van der Waals surface area contributed by atoms with Gasteiger partial charge >= 0.3 is 5.69 Å². The molecule has 1 aliphatic carbocycles. The number of nitrogens with zero attached hydrogens (tertiary/aromatic N) is 4. The molecule has 12 heteroatoms. The third-order valence-electron chi connectivity index (χ3n) is 6.60. The van der Waals surface area contributed by atoms with E-state index in [4.69, 9.17) is 11.6 Å². The lowest BCUT2D eigenvalue weighted by Crippen LogP contribution is -2.67. The van der Waals surface area contributed by atoms with Crippen molar-refractivity contribution in [2.45, 2.75) is 32.2 Å². The summed E-state index contributed by atoms with van der Waals surface area (Å²) in [6.07, 6.45) is -0.611. The minimum absolute atomic E-state index is 0.0161. The van der Waals surface area contributed by atoms with E-state index >= 15 is 0 Å². The molecule has 1 saturated carbocycles. The molecule has 1 aliphatic heterocycles. The zero-order valence-electron chi connectivity index (χ0n) is 18.9. The summed E-state index contributed by atoms with van der Waals surface area (Å²) < 4.78 is 43.0. The number of benzene rings is 1. The van der Waals surface area contributed by atoms with Crippen LogP contribution in [0.2, 0.25) is 5.02 Å². The lowest BCUT2D eigenvalue weighted by Gasteiger charge is -2.59. The Kier molecular flexibility index (Phi) is 5.41. The van der Waals surface area contributed by atoms with Crippen LogP contribution in [0.1, 0.15) is 18.5 Å². The van der Waals surface area contributed by atoms with Gasteiger partial charge in [0.2, 0.25) is 11.5 Å². The molecular formula is C24H19ClF3N5O3. The van der Waals surface area contributed by atoms with E-state index in [1.807, 2.05) is 6.07 Å². The quantitative estimate of drug-likeness (QED) is 0.572. The van der Waals surface area contributed by atoms with Crippen molar-refractivity contribution in [3.8, 4) is 22.9 Å². The van der Waals surface area contributed by atoms with E-state index in [9.17, 15) is 32.8 Å². The van der Waals surface area contributed by atoms with Crippen LogP contribution in [-0.2, 0) is 6.54 Å². The van der Waals surface area contributed by atoms with E-state index in [0.717, 1.165) is 21.3 Å². The maximum atomic E-state index is 13.9. The first kappa shape index (κ1) is 23.9. The van der Waals surface area contributed by atoms with Crippen LogP contribution >= 0.6 is 11.6 Å². The number of rotatable bonds is 4. The highest BCUT2D eigenvalue weighted by atomic mass is 35.5. The molecule has 0 atom stereocenters. The first-order chi connectivity index (χ1) is 16.9. The van der Waals surface area contributed by atoms with Gasteiger partial charge in [-0.15, -0.1) is 0 Å². The number of hydrogen-bond acceptors (Lipinski definition) is 5. The maximum Gasteiger partial charge on any atom is 0.338 e. The molecule has 2 aromatic heterocycles. The monoisotopic (exact) mass is 517 g/mol. The lowest BCUT2D eigenvalue weighted by atomic mass is 9.61. The molecule has 0 unspecified atom stereocenters. The van der Waals surface area contributed by atoms with E-state index in [0.29, 0.717) is 5.69 Å². The highest BCUT2D eigenvalue weighted by Gasteiger charge is 2.62. The van der Waals surface area contributed by atoms with Crippen molar-refractivity contribution in [1.29, 1.82) is 5.26 Å². The fourth-order valence-electron chi connectivity index (χ4n) is 5.29. The summed E-state index contributed by atoms with van der Waals surface area (Å²) in [4.78, 5) is 43.6. The fraction of sp³-hybridized carbons (Fsp3) is 0.333. The number of pyridine rings is 1. The van der Waals surface area contributed by atoms with Gasteiger partial charge < -0.3 is 9.88 Å². The van der Waals surface area contributed by atoms with E-state index in [-0.39, 0.29) is 53.6 Å². The Morgan fingerprint density at radius 1 is 1.14 bits per heavy atom. The molecular weight excluding hydrogens is 499 g/mol. The molecule has 186 valence electrons. The summed E-state index contributed by atoms with van der Waals surface area (Å²) >= 11 is 5.99. The first-order valence-corrected chi connectivity index (χ1v) is 11.4. The standard InChI is InChI=1S/C24H19ClF3N5O3/c1-13-6-15(8-18(34)30-13)33-21(35)19(14-2-3-17(26)16(25)7-14)20(32(5-4-29)22(33)36)31-11-23(12-31)9-24(27,28)10-23/h2-3,6-8H,5,9-12H2,1H3,(H,30,34). The number of hydrogen-bond donors (Lipinski definition) is 1. The second-order valence-electron chi connectivity index (χ2n) is 9.45. The van der Waals surface area contributed by atoms with Gasteiger partial charge in [-0.1, -0.05) is 17.7 Å². The molecule has 0 radical (unpaired) electrons.